The van der Waals surface area contributed by atoms with Gasteiger partial charge in [0.15, 0.2) is 0 Å². The van der Waals surface area contributed by atoms with Crippen molar-refractivity contribution in [3.63, 3.8) is 0 Å². The van der Waals surface area contributed by atoms with Crippen LogP contribution in [-0.2, 0) is 0 Å². The maximum Gasteiger partial charge on any atom is 0.322 e. The van der Waals surface area contributed by atoms with Crippen molar-refractivity contribution in [2.24, 2.45) is 0 Å². The molecule has 1 unspecified atom stereocenters. The van der Waals surface area contributed by atoms with Crippen LogP contribution < -0.4 is 5.32 Å². The Morgan fingerprint density at radius 2 is 1.91 bits per heavy atom. The number of nitrogens with zero attached hydrogens (tertiary/aromatic N) is 2. The van der Waals surface area contributed by atoms with Crippen LogP contribution in [0.3, 0.4) is 0 Å². The van der Waals surface area contributed by atoms with Crippen molar-refractivity contribution in [2.45, 2.75) is 46.6 Å². The summed E-state index contributed by atoms with van der Waals surface area (Å²) >= 11 is 0. The standard InChI is InChI=1S/C18H23N3O2/c1-11-8-12(2)10-15(9-11)19-18(22)21-7-5-6-16(21)17-13(3)20-23-14(17)4/h8-10,16H,5-7H2,1-4H3,(H,19,22). The Hall–Kier alpha value is -2.30. The van der Waals surface area contributed by atoms with E-state index in [4.69, 9.17) is 4.52 Å². The number of benzene rings is 1. The molecule has 122 valence electrons. The molecule has 1 aromatic carbocycles. The van der Waals surface area contributed by atoms with E-state index >= 15 is 0 Å². The molecule has 0 saturated carbocycles. The number of hydrogen-bond donors (Lipinski definition) is 1. The Morgan fingerprint density at radius 1 is 1.22 bits per heavy atom. The summed E-state index contributed by atoms with van der Waals surface area (Å²) in [6, 6.07) is 6.07. The zero-order chi connectivity index (χ0) is 16.6. The highest BCUT2D eigenvalue weighted by molar-refractivity contribution is 5.90. The molecule has 5 nitrogen and oxygen atoms in total. The smallest absolute Gasteiger partial charge is 0.322 e. The van der Waals surface area contributed by atoms with Crippen molar-refractivity contribution in [1.82, 2.24) is 10.1 Å². The first-order chi connectivity index (χ1) is 11.0. The van der Waals surface area contributed by atoms with Crippen molar-refractivity contribution in [2.75, 3.05) is 11.9 Å². The monoisotopic (exact) mass is 313 g/mol. The molecule has 2 aromatic rings. The molecule has 1 atom stereocenters. The van der Waals surface area contributed by atoms with E-state index < -0.39 is 0 Å². The van der Waals surface area contributed by atoms with Gasteiger partial charge in [-0.2, -0.15) is 0 Å². The molecule has 1 N–H and O–H groups in total. The minimum Gasteiger partial charge on any atom is -0.361 e. The van der Waals surface area contributed by atoms with Crippen LogP contribution in [-0.4, -0.2) is 22.6 Å². The van der Waals surface area contributed by atoms with Gasteiger partial charge in [-0.05, 0) is 63.8 Å². The molecule has 23 heavy (non-hydrogen) atoms. The SMILES string of the molecule is Cc1cc(C)cc(NC(=O)N2CCCC2c2c(C)noc2C)c1. The van der Waals surface area contributed by atoms with Gasteiger partial charge in [0.2, 0.25) is 0 Å². The highest BCUT2D eigenvalue weighted by Gasteiger charge is 2.33. The molecule has 1 fully saturated rings. The Kier molecular flexibility index (Phi) is 4.11. The van der Waals surface area contributed by atoms with Gasteiger partial charge in [0.05, 0.1) is 11.7 Å². The fraction of sp³-hybridized carbons (Fsp3) is 0.444. The van der Waals surface area contributed by atoms with Crippen molar-refractivity contribution < 1.29 is 9.32 Å². The lowest BCUT2D eigenvalue weighted by Crippen LogP contribution is -2.34. The number of likely N-dealkylation sites (tertiary alicyclic amines) is 1. The summed E-state index contributed by atoms with van der Waals surface area (Å²) in [4.78, 5) is 14.6. The van der Waals surface area contributed by atoms with E-state index in [1.807, 2.05) is 44.7 Å². The molecule has 1 aliphatic heterocycles. The van der Waals surface area contributed by atoms with E-state index in [-0.39, 0.29) is 12.1 Å². The number of aromatic nitrogens is 1. The summed E-state index contributed by atoms with van der Waals surface area (Å²) in [6.07, 6.45) is 1.94. The van der Waals surface area contributed by atoms with E-state index in [0.717, 1.165) is 53.2 Å². The summed E-state index contributed by atoms with van der Waals surface area (Å²) in [6.45, 7) is 8.67. The van der Waals surface area contributed by atoms with Crippen LogP contribution in [0.15, 0.2) is 22.7 Å². The second kappa shape index (κ2) is 6.07. The van der Waals surface area contributed by atoms with Gasteiger partial charge in [0.1, 0.15) is 5.76 Å². The van der Waals surface area contributed by atoms with Crippen molar-refractivity contribution in [1.29, 1.82) is 0 Å². The molecule has 1 aromatic heterocycles. The van der Waals surface area contributed by atoms with Crippen LogP contribution in [0.5, 0.6) is 0 Å². The largest absolute Gasteiger partial charge is 0.361 e. The highest BCUT2D eigenvalue weighted by atomic mass is 16.5. The molecule has 5 heteroatoms. The molecular formula is C18H23N3O2. The Morgan fingerprint density at radius 3 is 2.52 bits per heavy atom. The van der Waals surface area contributed by atoms with E-state index in [0.29, 0.717) is 0 Å². The zero-order valence-electron chi connectivity index (χ0n) is 14.1. The zero-order valence-corrected chi connectivity index (χ0v) is 14.1. The van der Waals surface area contributed by atoms with Gasteiger partial charge in [-0.3, -0.25) is 0 Å². The molecule has 1 saturated heterocycles. The van der Waals surface area contributed by atoms with Gasteiger partial charge in [-0.15, -0.1) is 0 Å². The number of carbonyl (C=O) groups excluding carboxylic acids is 1. The molecular weight excluding hydrogens is 290 g/mol. The third-order valence-electron chi connectivity index (χ3n) is 4.41. The number of carbonyl (C=O) groups is 1. The second-order valence-electron chi connectivity index (χ2n) is 6.40. The van der Waals surface area contributed by atoms with Crippen LogP contribution in [0.1, 0.15) is 47.0 Å². The Balaban J connectivity index is 1.81. The van der Waals surface area contributed by atoms with Crippen LogP contribution in [0.4, 0.5) is 10.5 Å². The first-order valence-electron chi connectivity index (χ1n) is 8.04. The molecule has 0 bridgehead atoms. The van der Waals surface area contributed by atoms with Crippen LogP contribution in [0.25, 0.3) is 0 Å². The summed E-state index contributed by atoms with van der Waals surface area (Å²) in [7, 11) is 0. The Labute approximate surface area is 136 Å². The quantitative estimate of drug-likeness (QED) is 0.900. The summed E-state index contributed by atoms with van der Waals surface area (Å²) < 4.78 is 5.28. The summed E-state index contributed by atoms with van der Waals surface area (Å²) in [5.41, 5.74) is 5.06. The topological polar surface area (TPSA) is 58.4 Å². The van der Waals surface area contributed by atoms with E-state index in [2.05, 4.69) is 16.5 Å². The van der Waals surface area contributed by atoms with Crippen molar-refractivity contribution >= 4 is 11.7 Å². The van der Waals surface area contributed by atoms with Crippen molar-refractivity contribution in [3.05, 3.63) is 46.3 Å². The van der Waals surface area contributed by atoms with E-state index in [1.165, 1.54) is 0 Å². The van der Waals surface area contributed by atoms with Crippen LogP contribution in [0, 0.1) is 27.7 Å². The minimum absolute atomic E-state index is 0.0483. The van der Waals surface area contributed by atoms with Crippen LogP contribution >= 0.6 is 0 Å². The van der Waals surface area contributed by atoms with E-state index in [1.54, 1.807) is 0 Å². The number of nitrogens with one attached hydrogen (secondary N) is 1. The maximum absolute atomic E-state index is 12.7. The predicted molar refractivity (Wildman–Crippen MR) is 89.6 cm³/mol. The van der Waals surface area contributed by atoms with Gasteiger partial charge in [-0.1, -0.05) is 11.2 Å². The highest BCUT2D eigenvalue weighted by Crippen LogP contribution is 2.35. The molecule has 2 heterocycles. The number of rotatable bonds is 2. The normalized spacial score (nSPS) is 17.6. The average molecular weight is 313 g/mol. The number of hydrogen-bond acceptors (Lipinski definition) is 3. The van der Waals surface area contributed by atoms with Gasteiger partial charge in [0.25, 0.3) is 0 Å². The summed E-state index contributed by atoms with van der Waals surface area (Å²) in [5.74, 6) is 0.804. The van der Waals surface area contributed by atoms with Crippen molar-refractivity contribution in [3.8, 4) is 0 Å². The predicted octanol–water partition coefficient (Wildman–Crippen LogP) is 4.28. The first kappa shape index (κ1) is 15.6. The van der Waals surface area contributed by atoms with E-state index in [9.17, 15) is 4.79 Å². The Bertz CT molecular complexity index is 696. The number of urea groups is 1. The van der Waals surface area contributed by atoms with Gasteiger partial charge < -0.3 is 14.7 Å². The lowest BCUT2D eigenvalue weighted by atomic mass is 10.0. The van der Waals surface area contributed by atoms with Crippen LogP contribution in [0.2, 0.25) is 0 Å². The lowest BCUT2D eigenvalue weighted by molar-refractivity contribution is 0.206. The molecule has 2 amide bonds. The third kappa shape index (κ3) is 3.09. The molecule has 0 spiro atoms. The number of amides is 2. The average Bonchev–Trinajstić information content (AvgIpc) is 3.04. The third-order valence-corrected chi connectivity index (χ3v) is 4.41. The fourth-order valence-corrected chi connectivity index (χ4v) is 3.52. The maximum atomic E-state index is 12.7. The molecule has 0 aliphatic carbocycles. The van der Waals surface area contributed by atoms with Gasteiger partial charge >= 0.3 is 6.03 Å². The number of aryl methyl sites for hydroxylation is 4. The number of anilines is 1. The minimum atomic E-state index is -0.0579. The second-order valence-corrected chi connectivity index (χ2v) is 6.40. The molecule has 1 aliphatic rings. The fourth-order valence-electron chi connectivity index (χ4n) is 3.52. The van der Waals surface area contributed by atoms with Gasteiger partial charge in [0, 0.05) is 17.8 Å². The lowest BCUT2D eigenvalue weighted by Gasteiger charge is -2.25. The summed E-state index contributed by atoms with van der Waals surface area (Å²) in [5, 5.41) is 7.06. The van der Waals surface area contributed by atoms with Gasteiger partial charge in [-0.25, -0.2) is 4.79 Å². The molecule has 0 radical (unpaired) electrons. The molecule has 3 rings (SSSR count). The first-order valence-corrected chi connectivity index (χ1v) is 8.04.